The van der Waals surface area contributed by atoms with Gasteiger partial charge in [-0.3, -0.25) is 10.2 Å². The number of nitrogens with zero attached hydrogens (tertiary/aromatic N) is 2. The van der Waals surface area contributed by atoms with Crippen molar-refractivity contribution in [2.45, 2.75) is 25.7 Å². The molecule has 4 rings (SSSR count). The minimum Gasteiger partial charge on any atom is -0.357 e. The summed E-state index contributed by atoms with van der Waals surface area (Å²) in [5.41, 5.74) is 3.54. The summed E-state index contributed by atoms with van der Waals surface area (Å²) in [4.78, 5) is 19.1. The molecule has 2 heterocycles. The van der Waals surface area contributed by atoms with Crippen LogP contribution in [0.4, 0.5) is 5.82 Å². The Morgan fingerprint density at radius 1 is 0.969 bits per heavy atom. The second-order valence-electron chi connectivity index (χ2n) is 7.86. The maximum atomic E-state index is 12.9. The van der Waals surface area contributed by atoms with Crippen molar-refractivity contribution in [2.24, 2.45) is 0 Å². The molecule has 1 saturated heterocycles. The maximum Gasteiger partial charge on any atom is 0.257 e. The molecule has 1 aliphatic heterocycles. The molecule has 0 radical (unpaired) electrons. The number of benzene rings is 2. The number of amidine groups is 1. The van der Waals surface area contributed by atoms with Crippen LogP contribution < -0.4 is 5.32 Å². The van der Waals surface area contributed by atoms with Crippen molar-refractivity contribution in [3.8, 4) is 0 Å². The van der Waals surface area contributed by atoms with Crippen LogP contribution in [-0.2, 0) is 12.8 Å². The SMILES string of the molecule is N=C(c1ccc(CCc2ccc(Cl)cc2C(=O)Nc2ccc(Cl)cn2)cc1)N1CCCC1. The zero-order valence-electron chi connectivity index (χ0n) is 17.6. The number of aryl methyl sites for hydroxylation is 2. The van der Waals surface area contributed by atoms with Gasteiger partial charge in [0, 0.05) is 35.4 Å². The number of rotatable bonds is 6. The maximum absolute atomic E-state index is 12.9. The molecule has 0 spiro atoms. The number of likely N-dealkylation sites (tertiary alicyclic amines) is 1. The predicted octanol–water partition coefficient (Wildman–Crippen LogP) is 5.85. The largest absolute Gasteiger partial charge is 0.357 e. The molecule has 0 unspecified atom stereocenters. The summed E-state index contributed by atoms with van der Waals surface area (Å²) in [5.74, 6) is 0.773. The molecule has 1 aliphatic rings. The van der Waals surface area contributed by atoms with Gasteiger partial charge in [0.15, 0.2) is 0 Å². The number of carbonyl (C=O) groups excluding carboxylic acids is 1. The van der Waals surface area contributed by atoms with Gasteiger partial charge >= 0.3 is 0 Å². The van der Waals surface area contributed by atoms with Gasteiger partial charge in [0.1, 0.15) is 11.7 Å². The van der Waals surface area contributed by atoms with Gasteiger partial charge < -0.3 is 10.2 Å². The average molecular weight is 467 g/mol. The fourth-order valence-corrected chi connectivity index (χ4v) is 4.13. The minimum atomic E-state index is -0.258. The highest BCUT2D eigenvalue weighted by molar-refractivity contribution is 6.31. The first-order chi connectivity index (χ1) is 15.5. The second-order valence-corrected chi connectivity index (χ2v) is 8.73. The first kappa shape index (κ1) is 22.3. The Morgan fingerprint density at radius 2 is 1.69 bits per heavy atom. The Morgan fingerprint density at radius 3 is 2.38 bits per heavy atom. The van der Waals surface area contributed by atoms with E-state index in [1.54, 1.807) is 24.3 Å². The molecule has 0 bridgehead atoms. The van der Waals surface area contributed by atoms with Crippen molar-refractivity contribution < 1.29 is 4.79 Å². The van der Waals surface area contributed by atoms with Crippen LogP contribution in [0.2, 0.25) is 10.0 Å². The Balaban J connectivity index is 1.43. The molecule has 0 atom stereocenters. The molecule has 2 aromatic carbocycles. The minimum absolute atomic E-state index is 0.258. The molecule has 1 fully saturated rings. The lowest BCUT2D eigenvalue weighted by Gasteiger charge is -2.18. The van der Waals surface area contributed by atoms with Crippen LogP contribution in [0, 0.1) is 5.41 Å². The number of halogens is 2. The van der Waals surface area contributed by atoms with Crippen LogP contribution in [0.5, 0.6) is 0 Å². The summed E-state index contributed by atoms with van der Waals surface area (Å²) >= 11 is 12.0. The van der Waals surface area contributed by atoms with Crippen LogP contribution in [0.3, 0.4) is 0 Å². The number of nitrogens with one attached hydrogen (secondary N) is 2. The van der Waals surface area contributed by atoms with E-state index < -0.39 is 0 Å². The van der Waals surface area contributed by atoms with E-state index >= 15 is 0 Å². The third-order valence-corrected chi connectivity index (χ3v) is 6.08. The predicted molar refractivity (Wildman–Crippen MR) is 130 cm³/mol. The summed E-state index contributed by atoms with van der Waals surface area (Å²) in [6.07, 6.45) is 5.27. The monoisotopic (exact) mass is 466 g/mol. The fourth-order valence-electron chi connectivity index (χ4n) is 3.84. The number of hydrogen-bond acceptors (Lipinski definition) is 3. The first-order valence-electron chi connectivity index (χ1n) is 10.6. The third kappa shape index (κ3) is 5.47. The number of pyridine rings is 1. The normalized spacial score (nSPS) is 13.2. The topological polar surface area (TPSA) is 69.1 Å². The van der Waals surface area contributed by atoms with Crippen molar-refractivity contribution in [1.82, 2.24) is 9.88 Å². The lowest BCUT2D eigenvalue weighted by Crippen LogP contribution is -2.27. The number of amides is 1. The molecule has 0 saturated carbocycles. The van der Waals surface area contributed by atoms with Crippen LogP contribution in [0.1, 0.15) is 39.9 Å². The Labute approximate surface area is 197 Å². The second kappa shape index (κ2) is 10.2. The molecule has 0 aliphatic carbocycles. The van der Waals surface area contributed by atoms with Crippen LogP contribution >= 0.6 is 23.2 Å². The van der Waals surface area contributed by atoms with Gasteiger partial charge in [0.2, 0.25) is 0 Å². The van der Waals surface area contributed by atoms with E-state index in [4.69, 9.17) is 28.6 Å². The van der Waals surface area contributed by atoms with E-state index in [9.17, 15) is 4.79 Å². The smallest absolute Gasteiger partial charge is 0.257 e. The molecule has 2 N–H and O–H groups in total. The molecule has 5 nitrogen and oxygen atoms in total. The lowest BCUT2D eigenvalue weighted by molar-refractivity contribution is 0.102. The molecule has 1 amide bonds. The fraction of sp³-hybridized carbons (Fsp3) is 0.240. The van der Waals surface area contributed by atoms with E-state index in [0.717, 1.165) is 49.0 Å². The van der Waals surface area contributed by atoms with E-state index in [1.165, 1.54) is 6.20 Å². The quantitative estimate of drug-likeness (QED) is 0.353. The molecular weight excluding hydrogens is 443 g/mol. The zero-order chi connectivity index (χ0) is 22.5. The number of anilines is 1. The van der Waals surface area contributed by atoms with Crippen LogP contribution in [-0.4, -0.2) is 34.7 Å². The van der Waals surface area contributed by atoms with Crippen LogP contribution in [0.25, 0.3) is 0 Å². The molecular formula is C25H24Cl2N4O. The molecule has 3 aromatic rings. The number of hydrogen-bond donors (Lipinski definition) is 2. The highest BCUT2D eigenvalue weighted by atomic mass is 35.5. The first-order valence-corrected chi connectivity index (χ1v) is 11.4. The van der Waals surface area contributed by atoms with E-state index in [1.807, 2.05) is 18.2 Å². The van der Waals surface area contributed by atoms with Crippen molar-refractivity contribution in [2.75, 3.05) is 18.4 Å². The lowest BCUT2D eigenvalue weighted by atomic mass is 9.98. The van der Waals surface area contributed by atoms with Gasteiger partial charge in [0.25, 0.3) is 5.91 Å². The third-order valence-electron chi connectivity index (χ3n) is 5.62. The Bertz CT molecular complexity index is 1110. The van der Waals surface area contributed by atoms with E-state index in [0.29, 0.717) is 33.7 Å². The summed E-state index contributed by atoms with van der Waals surface area (Å²) in [6, 6.07) is 16.9. The summed E-state index contributed by atoms with van der Waals surface area (Å²) in [7, 11) is 0. The van der Waals surface area contributed by atoms with Crippen molar-refractivity contribution in [3.63, 3.8) is 0 Å². The van der Waals surface area contributed by atoms with Gasteiger partial charge in [-0.2, -0.15) is 0 Å². The van der Waals surface area contributed by atoms with Gasteiger partial charge in [-0.25, -0.2) is 4.98 Å². The highest BCUT2D eigenvalue weighted by Crippen LogP contribution is 2.21. The molecule has 7 heteroatoms. The standard InChI is InChI=1S/C25H24Cl2N4O/c26-20-10-9-18(22(15-20)25(32)30-23-12-11-21(27)16-29-23)6-3-17-4-7-19(8-5-17)24(28)31-13-1-2-14-31/h4-5,7-12,15-16,28H,1-3,6,13-14H2,(H,29,30,32). The van der Waals surface area contributed by atoms with E-state index in [2.05, 4.69) is 27.3 Å². The van der Waals surface area contributed by atoms with Gasteiger partial charge in [-0.05, 0) is 61.1 Å². The summed E-state index contributed by atoms with van der Waals surface area (Å²) < 4.78 is 0. The zero-order valence-corrected chi connectivity index (χ0v) is 19.1. The molecule has 1 aromatic heterocycles. The Hall–Kier alpha value is -2.89. The number of aromatic nitrogens is 1. The molecule has 164 valence electrons. The van der Waals surface area contributed by atoms with E-state index in [-0.39, 0.29) is 5.91 Å². The highest BCUT2D eigenvalue weighted by Gasteiger charge is 2.16. The number of carbonyl (C=O) groups is 1. The van der Waals surface area contributed by atoms with Crippen molar-refractivity contribution in [3.05, 3.63) is 93.1 Å². The average Bonchev–Trinajstić information content (AvgIpc) is 3.34. The van der Waals surface area contributed by atoms with Crippen LogP contribution in [0.15, 0.2) is 60.8 Å². The molecule has 32 heavy (non-hydrogen) atoms. The summed E-state index contributed by atoms with van der Waals surface area (Å²) in [5, 5.41) is 12.2. The summed E-state index contributed by atoms with van der Waals surface area (Å²) in [6.45, 7) is 1.93. The van der Waals surface area contributed by atoms with Gasteiger partial charge in [-0.1, -0.05) is 53.5 Å². The van der Waals surface area contributed by atoms with Gasteiger partial charge in [0.05, 0.1) is 5.02 Å². The Kier molecular flexibility index (Phi) is 7.08. The van der Waals surface area contributed by atoms with Crippen molar-refractivity contribution >= 4 is 40.8 Å². The van der Waals surface area contributed by atoms with Gasteiger partial charge in [-0.15, -0.1) is 0 Å². The van der Waals surface area contributed by atoms with Crippen molar-refractivity contribution in [1.29, 1.82) is 5.41 Å².